The zero-order chi connectivity index (χ0) is 24.9. The van der Waals surface area contributed by atoms with Gasteiger partial charge in [-0.25, -0.2) is 14.6 Å². The van der Waals surface area contributed by atoms with Crippen LogP contribution in [0.2, 0.25) is 0 Å². The van der Waals surface area contributed by atoms with Gasteiger partial charge in [0.05, 0.1) is 17.8 Å². The molecule has 1 aromatic carbocycles. The van der Waals surface area contributed by atoms with Crippen LogP contribution in [0.1, 0.15) is 35.7 Å². The maximum absolute atomic E-state index is 12.7. The van der Waals surface area contributed by atoms with Crippen molar-refractivity contribution in [1.82, 2.24) is 24.6 Å². The summed E-state index contributed by atoms with van der Waals surface area (Å²) in [6, 6.07) is 6.08. The molecule has 188 valence electrons. The van der Waals surface area contributed by atoms with E-state index in [9.17, 15) is 23.4 Å². The van der Waals surface area contributed by atoms with Gasteiger partial charge in [0.15, 0.2) is 11.9 Å². The predicted molar refractivity (Wildman–Crippen MR) is 125 cm³/mol. The molecule has 5 rings (SSSR count). The van der Waals surface area contributed by atoms with Crippen molar-refractivity contribution in [3.8, 4) is 5.82 Å². The molecule has 8 nitrogen and oxygen atoms in total. The quantitative estimate of drug-likeness (QED) is 0.568. The summed E-state index contributed by atoms with van der Waals surface area (Å²) in [5.41, 5.74) is 3.19. The molecule has 0 amide bonds. The number of piperidine rings is 1. The molecule has 2 aromatic heterocycles. The maximum atomic E-state index is 12.7. The summed E-state index contributed by atoms with van der Waals surface area (Å²) < 4.78 is 40.0. The Kier molecular flexibility index (Phi) is 6.18. The summed E-state index contributed by atoms with van der Waals surface area (Å²) in [7, 11) is 0. The second kappa shape index (κ2) is 9.03. The van der Waals surface area contributed by atoms with Crippen LogP contribution in [0.3, 0.4) is 0 Å². The molecule has 0 saturated carbocycles. The number of aryl methyl sites for hydroxylation is 2. The first-order valence-corrected chi connectivity index (χ1v) is 11.8. The fraction of sp³-hybridized carbons (Fsp3) is 0.542. The van der Waals surface area contributed by atoms with Crippen LogP contribution in [0, 0.1) is 13.8 Å². The molecular formula is C24H29F3N6O2. The van der Waals surface area contributed by atoms with Crippen LogP contribution in [-0.2, 0) is 0 Å². The lowest BCUT2D eigenvalue weighted by Gasteiger charge is -2.36. The number of aliphatic hydroxyl groups is 2. The number of anilines is 1. The molecule has 1 atom stereocenters. The van der Waals surface area contributed by atoms with Gasteiger partial charge >= 0.3 is 6.18 Å². The van der Waals surface area contributed by atoms with Gasteiger partial charge in [0.1, 0.15) is 11.6 Å². The third kappa shape index (κ3) is 4.85. The molecule has 1 unspecified atom stereocenters. The Morgan fingerprint density at radius 2 is 1.74 bits per heavy atom. The van der Waals surface area contributed by atoms with Crippen LogP contribution in [0.5, 0.6) is 0 Å². The molecule has 35 heavy (non-hydrogen) atoms. The van der Waals surface area contributed by atoms with Crippen LogP contribution < -0.4 is 4.90 Å². The number of nitrogens with zero attached hydrogens (tertiary/aromatic N) is 6. The minimum atomic E-state index is -4.59. The average Bonchev–Trinajstić information content (AvgIpc) is 3.18. The van der Waals surface area contributed by atoms with Crippen molar-refractivity contribution in [2.75, 3.05) is 37.6 Å². The van der Waals surface area contributed by atoms with E-state index in [1.807, 2.05) is 24.8 Å². The normalized spacial score (nSPS) is 19.3. The Morgan fingerprint density at radius 1 is 1.06 bits per heavy atom. The van der Waals surface area contributed by atoms with Crippen LogP contribution in [-0.4, -0.2) is 86.0 Å². The molecule has 11 heteroatoms. The molecule has 0 bridgehead atoms. The van der Waals surface area contributed by atoms with E-state index in [0.29, 0.717) is 37.8 Å². The van der Waals surface area contributed by atoms with E-state index in [2.05, 4.69) is 27.2 Å². The van der Waals surface area contributed by atoms with E-state index >= 15 is 0 Å². The van der Waals surface area contributed by atoms with Gasteiger partial charge in [0, 0.05) is 31.1 Å². The first kappa shape index (κ1) is 24.0. The highest BCUT2D eigenvalue weighted by atomic mass is 19.4. The second-order valence-corrected chi connectivity index (χ2v) is 9.65. The number of β-amino-alcohol motifs (C(OH)–C–C–N with tert-alkyl or cyclic N) is 2. The standard InChI is InChI=1S/C24H29F3N6O2/c1-14-7-17-10-28-33(23-9-22(29-15(2)30-23)32-11-18(34)12-32)20(17)8-19(14)16-3-5-31(6-4-16)13-21(35)24(25,26)27/h7-10,16,18,21,34-35H,3-6,11-13H2,1-2H3. The molecule has 2 aliphatic heterocycles. The van der Waals surface area contributed by atoms with Gasteiger partial charge in [-0.1, -0.05) is 0 Å². The Bertz CT molecular complexity index is 1220. The van der Waals surface area contributed by atoms with Gasteiger partial charge < -0.3 is 20.0 Å². The summed E-state index contributed by atoms with van der Waals surface area (Å²) in [4.78, 5) is 12.8. The summed E-state index contributed by atoms with van der Waals surface area (Å²) >= 11 is 0. The number of aromatic nitrogens is 4. The van der Waals surface area contributed by atoms with Crippen molar-refractivity contribution in [2.24, 2.45) is 0 Å². The molecule has 2 aliphatic rings. The van der Waals surface area contributed by atoms with Crippen molar-refractivity contribution in [3.05, 3.63) is 41.3 Å². The zero-order valence-corrected chi connectivity index (χ0v) is 19.7. The van der Waals surface area contributed by atoms with Gasteiger partial charge in [0.2, 0.25) is 0 Å². The Morgan fingerprint density at radius 3 is 2.40 bits per heavy atom. The summed E-state index contributed by atoms with van der Waals surface area (Å²) in [6.07, 6.45) is -4.00. The van der Waals surface area contributed by atoms with Gasteiger partial charge in [-0.2, -0.15) is 18.3 Å². The number of aliphatic hydroxyl groups excluding tert-OH is 2. The molecule has 0 aliphatic carbocycles. The van der Waals surface area contributed by atoms with E-state index in [1.54, 1.807) is 15.8 Å². The van der Waals surface area contributed by atoms with Crippen molar-refractivity contribution >= 4 is 16.7 Å². The SMILES string of the molecule is Cc1nc(N2CC(O)C2)cc(-n2ncc3cc(C)c(C4CCN(CC(O)C(F)(F)F)CC4)cc32)n1. The lowest BCUT2D eigenvalue weighted by molar-refractivity contribution is -0.208. The van der Waals surface area contributed by atoms with Gasteiger partial charge in [-0.15, -0.1) is 0 Å². The topological polar surface area (TPSA) is 90.5 Å². The molecule has 0 radical (unpaired) electrons. The number of alkyl halides is 3. The smallest absolute Gasteiger partial charge is 0.389 e. The molecule has 4 heterocycles. The van der Waals surface area contributed by atoms with Crippen molar-refractivity contribution in [1.29, 1.82) is 0 Å². The first-order chi connectivity index (χ1) is 16.6. The Labute approximate surface area is 201 Å². The number of fused-ring (bicyclic) bond motifs is 1. The molecule has 0 spiro atoms. The fourth-order valence-electron chi connectivity index (χ4n) is 5.05. The average molecular weight is 491 g/mol. The van der Waals surface area contributed by atoms with Gasteiger partial charge in [-0.3, -0.25) is 0 Å². The second-order valence-electron chi connectivity index (χ2n) is 9.65. The van der Waals surface area contributed by atoms with Crippen LogP contribution in [0.4, 0.5) is 19.0 Å². The zero-order valence-electron chi connectivity index (χ0n) is 19.7. The lowest BCUT2D eigenvalue weighted by Crippen LogP contribution is -2.51. The van der Waals surface area contributed by atoms with E-state index < -0.39 is 12.3 Å². The Balaban J connectivity index is 1.38. The number of rotatable bonds is 5. The molecular weight excluding hydrogens is 461 g/mol. The molecule has 3 aromatic rings. The van der Waals surface area contributed by atoms with Crippen LogP contribution in [0.15, 0.2) is 24.4 Å². The summed E-state index contributed by atoms with van der Waals surface area (Å²) in [5, 5.41) is 24.6. The maximum Gasteiger partial charge on any atom is 0.415 e. The highest BCUT2D eigenvalue weighted by Crippen LogP contribution is 2.34. The monoisotopic (exact) mass is 490 g/mol. The Hall–Kier alpha value is -2.76. The largest absolute Gasteiger partial charge is 0.415 e. The van der Waals surface area contributed by atoms with Crippen molar-refractivity contribution in [2.45, 2.75) is 51.0 Å². The van der Waals surface area contributed by atoms with Gasteiger partial charge in [-0.05, 0) is 69.0 Å². The van der Waals surface area contributed by atoms with Crippen LogP contribution >= 0.6 is 0 Å². The highest BCUT2D eigenvalue weighted by molar-refractivity contribution is 5.82. The van der Waals surface area contributed by atoms with Crippen LogP contribution in [0.25, 0.3) is 16.7 Å². The first-order valence-electron chi connectivity index (χ1n) is 11.8. The number of hydrogen-bond donors (Lipinski definition) is 2. The number of benzene rings is 1. The third-order valence-electron chi connectivity index (χ3n) is 7.01. The third-order valence-corrected chi connectivity index (χ3v) is 7.01. The summed E-state index contributed by atoms with van der Waals surface area (Å²) in [5.74, 6) is 2.23. The fourth-order valence-corrected chi connectivity index (χ4v) is 5.05. The number of likely N-dealkylation sites (tertiary alicyclic amines) is 1. The minimum absolute atomic E-state index is 0.215. The highest BCUT2D eigenvalue weighted by Gasteiger charge is 2.39. The van der Waals surface area contributed by atoms with E-state index in [1.165, 1.54) is 0 Å². The van der Waals surface area contributed by atoms with E-state index in [0.717, 1.165) is 40.7 Å². The minimum Gasteiger partial charge on any atom is -0.389 e. The predicted octanol–water partition coefficient (Wildman–Crippen LogP) is 2.72. The number of hydrogen-bond acceptors (Lipinski definition) is 7. The molecule has 2 N–H and O–H groups in total. The van der Waals surface area contributed by atoms with E-state index in [4.69, 9.17) is 0 Å². The van der Waals surface area contributed by atoms with E-state index in [-0.39, 0.29) is 18.6 Å². The van der Waals surface area contributed by atoms with Gasteiger partial charge in [0.25, 0.3) is 0 Å². The molecule has 2 fully saturated rings. The lowest BCUT2D eigenvalue weighted by atomic mass is 9.86. The van der Waals surface area contributed by atoms with Crippen molar-refractivity contribution in [3.63, 3.8) is 0 Å². The number of halogens is 3. The van der Waals surface area contributed by atoms with Crippen molar-refractivity contribution < 1.29 is 23.4 Å². The molecule has 2 saturated heterocycles. The summed E-state index contributed by atoms with van der Waals surface area (Å²) in [6.45, 7) is 5.58.